The van der Waals surface area contributed by atoms with Crippen LogP contribution in [-0.4, -0.2) is 0 Å². The summed E-state index contributed by atoms with van der Waals surface area (Å²) in [7, 11) is 0. The van der Waals surface area contributed by atoms with E-state index in [4.69, 9.17) is 7.16 Å². The van der Waals surface area contributed by atoms with E-state index in [-0.39, 0.29) is 0 Å². The predicted molar refractivity (Wildman–Crippen MR) is 83.9 cm³/mol. The lowest BCUT2D eigenvalue weighted by Gasteiger charge is -2.04. The van der Waals surface area contributed by atoms with Gasteiger partial charge in [0.05, 0.1) is 2.74 Å². The Hall–Kier alpha value is -2.54. The van der Waals surface area contributed by atoms with Gasteiger partial charge in [-0.15, -0.1) is 0 Å². The molecule has 0 fully saturated rings. The van der Waals surface area contributed by atoms with Crippen LogP contribution >= 0.6 is 0 Å². The largest absolute Gasteiger partial charge is 0.456 e. The highest BCUT2D eigenvalue weighted by Crippen LogP contribution is 2.37. The van der Waals surface area contributed by atoms with Crippen LogP contribution in [0.4, 0.5) is 0 Å². The Bertz CT molecular complexity index is 1000. The summed E-state index contributed by atoms with van der Waals surface area (Å²) in [5, 5.41) is 1.87. The zero-order chi connectivity index (χ0) is 15.3. The van der Waals surface area contributed by atoms with Crippen molar-refractivity contribution in [2.24, 2.45) is 0 Å². The van der Waals surface area contributed by atoms with Crippen LogP contribution in [0.1, 0.15) is 8.30 Å². The molecule has 4 aromatic rings. The van der Waals surface area contributed by atoms with E-state index in [1.807, 2.05) is 37.3 Å². The van der Waals surface area contributed by atoms with Gasteiger partial charge in [0.1, 0.15) is 11.2 Å². The molecule has 0 amide bonds. The van der Waals surface area contributed by atoms with Gasteiger partial charge in [0, 0.05) is 10.8 Å². The fourth-order valence-corrected chi connectivity index (χ4v) is 2.74. The average molecular weight is 260 g/mol. The minimum absolute atomic E-state index is 0.352. The highest BCUT2D eigenvalue weighted by atomic mass is 16.3. The summed E-state index contributed by atoms with van der Waals surface area (Å²) in [6, 6.07) is 18.2. The van der Waals surface area contributed by atoms with Crippen LogP contribution in [0.3, 0.4) is 0 Å². The number of furan rings is 1. The van der Waals surface area contributed by atoms with Crippen LogP contribution in [0.2, 0.25) is 0 Å². The standard InChI is InChI=1S/C19H14O/c1-13-7-5-11-16-18(13)19-15(10-6-12-17(19)20-16)14-8-3-2-4-9-14/h2-12H,1H3/i11D,12D. The third-order valence-corrected chi connectivity index (χ3v) is 3.67. The summed E-state index contributed by atoms with van der Waals surface area (Å²) in [5.74, 6) is 0. The summed E-state index contributed by atoms with van der Waals surface area (Å²) < 4.78 is 22.1. The summed E-state index contributed by atoms with van der Waals surface area (Å²) >= 11 is 0. The monoisotopic (exact) mass is 260 g/mol. The minimum Gasteiger partial charge on any atom is -0.456 e. The first kappa shape index (κ1) is 9.38. The smallest absolute Gasteiger partial charge is 0.136 e. The van der Waals surface area contributed by atoms with E-state index in [9.17, 15) is 0 Å². The van der Waals surface area contributed by atoms with Crippen molar-refractivity contribution < 1.29 is 7.16 Å². The Kier molecular flexibility index (Phi) is 1.99. The van der Waals surface area contributed by atoms with E-state index in [1.54, 1.807) is 12.1 Å². The molecule has 0 spiro atoms. The van der Waals surface area contributed by atoms with Crippen molar-refractivity contribution in [3.8, 4) is 11.1 Å². The van der Waals surface area contributed by atoms with Crippen LogP contribution in [0, 0.1) is 6.92 Å². The Morgan fingerprint density at radius 3 is 2.30 bits per heavy atom. The lowest BCUT2D eigenvalue weighted by molar-refractivity contribution is 0.669. The maximum Gasteiger partial charge on any atom is 0.136 e. The highest BCUT2D eigenvalue weighted by molar-refractivity contribution is 6.13. The Labute approximate surface area is 120 Å². The van der Waals surface area contributed by atoms with E-state index >= 15 is 0 Å². The zero-order valence-electron chi connectivity index (χ0n) is 13.1. The molecule has 0 atom stereocenters. The SMILES string of the molecule is [2H]c1ccc(C)c2c1oc1c([2H])ccc(-c3ccccc3)c12. The first-order valence-corrected chi connectivity index (χ1v) is 6.64. The van der Waals surface area contributed by atoms with Gasteiger partial charge in [-0.3, -0.25) is 0 Å². The van der Waals surface area contributed by atoms with Crippen molar-refractivity contribution in [1.29, 1.82) is 0 Å². The number of rotatable bonds is 1. The van der Waals surface area contributed by atoms with Gasteiger partial charge in [-0.05, 0) is 35.7 Å². The van der Waals surface area contributed by atoms with Crippen LogP contribution < -0.4 is 0 Å². The highest BCUT2D eigenvalue weighted by Gasteiger charge is 2.13. The molecule has 1 heterocycles. The normalized spacial score (nSPS) is 12.7. The molecule has 1 nitrogen and oxygen atoms in total. The average Bonchev–Trinajstić information content (AvgIpc) is 2.95. The second-order valence-electron chi connectivity index (χ2n) is 4.93. The van der Waals surface area contributed by atoms with E-state index < -0.39 is 0 Å². The second kappa shape index (κ2) is 4.24. The summed E-state index contributed by atoms with van der Waals surface area (Å²) in [6.45, 7) is 2.02. The molecule has 1 aromatic heterocycles. The van der Waals surface area contributed by atoms with Gasteiger partial charge in [0.2, 0.25) is 0 Å². The van der Waals surface area contributed by atoms with Crippen molar-refractivity contribution in [2.75, 3.05) is 0 Å². The number of aryl methyl sites for hydroxylation is 1. The molecule has 0 unspecified atom stereocenters. The van der Waals surface area contributed by atoms with Crippen LogP contribution in [0.5, 0.6) is 0 Å². The molecule has 0 aliphatic heterocycles. The molecule has 96 valence electrons. The van der Waals surface area contributed by atoms with E-state index in [0.29, 0.717) is 23.3 Å². The molecule has 0 radical (unpaired) electrons. The number of hydrogen-bond acceptors (Lipinski definition) is 1. The van der Waals surface area contributed by atoms with E-state index in [0.717, 1.165) is 27.5 Å². The van der Waals surface area contributed by atoms with Crippen LogP contribution in [-0.2, 0) is 0 Å². The molecular weight excluding hydrogens is 244 g/mol. The molecule has 0 bridgehead atoms. The van der Waals surface area contributed by atoms with Gasteiger partial charge in [-0.2, -0.15) is 0 Å². The van der Waals surface area contributed by atoms with Crippen molar-refractivity contribution in [3.63, 3.8) is 0 Å². The number of hydrogen-bond donors (Lipinski definition) is 0. The summed E-state index contributed by atoms with van der Waals surface area (Å²) in [6.07, 6.45) is 0. The lowest BCUT2D eigenvalue weighted by atomic mass is 9.98. The van der Waals surface area contributed by atoms with E-state index in [2.05, 4.69) is 12.1 Å². The Balaban J connectivity index is 2.25. The van der Waals surface area contributed by atoms with E-state index in [1.165, 1.54) is 0 Å². The third kappa shape index (κ3) is 1.56. The maximum absolute atomic E-state index is 8.14. The first-order chi connectivity index (χ1) is 10.7. The maximum atomic E-state index is 8.14. The van der Waals surface area contributed by atoms with Crippen molar-refractivity contribution in [3.05, 3.63) is 72.2 Å². The van der Waals surface area contributed by atoms with Crippen molar-refractivity contribution in [1.82, 2.24) is 0 Å². The lowest BCUT2D eigenvalue weighted by Crippen LogP contribution is -1.80. The van der Waals surface area contributed by atoms with Gasteiger partial charge in [-0.1, -0.05) is 54.6 Å². The topological polar surface area (TPSA) is 13.1 Å². The molecule has 20 heavy (non-hydrogen) atoms. The Morgan fingerprint density at radius 1 is 0.800 bits per heavy atom. The predicted octanol–water partition coefficient (Wildman–Crippen LogP) is 5.56. The first-order valence-electron chi connectivity index (χ1n) is 7.64. The summed E-state index contributed by atoms with van der Waals surface area (Å²) in [5.41, 5.74) is 4.31. The minimum atomic E-state index is 0.352. The molecule has 0 aliphatic rings. The quantitative estimate of drug-likeness (QED) is 0.436. The fourth-order valence-electron chi connectivity index (χ4n) is 2.74. The zero-order valence-corrected chi connectivity index (χ0v) is 11.1. The summed E-state index contributed by atoms with van der Waals surface area (Å²) in [4.78, 5) is 0. The molecule has 0 saturated carbocycles. The van der Waals surface area contributed by atoms with Gasteiger partial charge in [0.25, 0.3) is 0 Å². The molecule has 0 N–H and O–H groups in total. The third-order valence-electron chi connectivity index (χ3n) is 3.67. The van der Waals surface area contributed by atoms with Crippen molar-refractivity contribution in [2.45, 2.75) is 6.92 Å². The van der Waals surface area contributed by atoms with Gasteiger partial charge in [0.15, 0.2) is 0 Å². The molecule has 1 heteroatoms. The molecule has 3 aromatic carbocycles. The van der Waals surface area contributed by atoms with Crippen LogP contribution in [0.25, 0.3) is 33.1 Å². The second-order valence-corrected chi connectivity index (χ2v) is 4.93. The fraction of sp³-hybridized carbons (Fsp3) is 0.0526. The molecule has 0 aliphatic carbocycles. The van der Waals surface area contributed by atoms with Crippen LogP contribution in [0.15, 0.2) is 71.1 Å². The molecule has 4 rings (SSSR count). The molecular formula is C19H14O. The van der Waals surface area contributed by atoms with Gasteiger partial charge in [-0.25, -0.2) is 0 Å². The number of fused-ring (bicyclic) bond motifs is 3. The van der Waals surface area contributed by atoms with Gasteiger partial charge < -0.3 is 4.42 Å². The van der Waals surface area contributed by atoms with Crippen molar-refractivity contribution >= 4 is 21.9 Å². The Morgan fingerprint density at radius 2 is 1.50 bits per heavy atom. The van der Waals surface area contributed by atoms with Gasteiger partial charge >= 0.3 is 0 Å². The molecule has 0 saturated heterocycles. The number of benzene rings is 3.